The van der Waals surface area contributed by atoms with E-state index in [9.17, 15) is 4.79 Å². The highest BCUT2D eigenvalue weighted by atomic mass is 16.2. The highest BCUT2D eigenvalue weighted by Gasteiger charge is 2.25. The van der Waals surface area contributed by atoms with Gasteiger partial charge in [0.15, 0.2) is 0 Å². The molecule has 4 rings (SSSR count). The van der Waals surface area contributed by atoms with E-state index in [1.807, 2.05) is 30.3 Å². The van der Waals surface area contributed by atoms with E-state index in [0.717, 1.165) is 69.9 Å². The molecule has 2 saturated heterocycles. The first-order chi connectivity index (χ1) is 13.2. The third kappa shape index (κ3) is 4.16. The maximum Gasteiger partial charge on any atom is 0.257 e. The smallest absolute Gasteiger partial charge is 0.257 e. The zero-order valence-electron chi connectivity index (χ0n) is 16.0. The SMILES string of the molecule is Cc1nc(C2CCN(Cc3cccnc3)CC2)ncc1C(=O)N1CCCC1. The van der Waals surface area contributed by atoms with Gasteiger partial charge in [0.1, 0.15) is 5.82 Å². The number of nitrogens with zero attached hydrogens (tertiary/aromatic N) is 5. The van der Waals surface area contributed by atoms with Crippen LogP contribution < -0.4 is 0 Å². The molecule has 0 spiro atoms. The van der Waals surface area contributed by atoms with Gasteiger partial charge < -0.3 is 4.90 Å². The van der Waals surface area contributed by atoms with Crippen molar-refractivity contribution in [3.8, 4) is 0 Å². The summed E-state index contributed by atoms with van der Waals surface area (Å²) >= 11 is 0. The van der Waals surface area contributed by atoms with Gasteiger partial charge in [-0.3, -0.25) is 14.7 Å². The Labute approximate surface area is 160 Å². The highest BCUT2D eigenvalue weighted by Crippen LogP contribution is 2.27. The van der Waals surface area contributed by atoms with Crippen LogP contribution in [0.5, 0.6) is 0 Å². The molecule has 142 valence electrons. The zero-order valence-corrected chi connectivity index (χ0v) is 16.0. The number of likely N-dealkylation sites (tertiary alicyclic amines) is 2. The van der Waals surface area contributed by atoms with Crippen molar-refractivity contribution in [3.05, 3.63) is 53.4 Å². The molecular formula is C21H27N5O. The van der Waals surface area contributed by atoms with Crippen molar-refractivity contribution in [1.29, 1.82) is 0 Å². The molecule has 0 radical (unpaired) electrons. The summed E-state index contributed by atoms with van der Waals surface area (Å²) in [7, 11) is 0. The average Bonchev–Trinajstić information content (AvgIpc) is 3.24. The predicted octanol–water partition coefficient (Wildman–Crippen LogP) is 2.80. The van der Waals surface area contributed by atoms with Gasteiger partial charge in [-0.1, -0.05) is 6.07 Å². The van der Waals surface area contributed by atoms with E-state index in [4.69, 9.17) is 4.98 Å². The summed E-state index contributed by atoms with van der Waals surface area (Å²) in [6.45, 7) is 6.67. The van der Waals surface area contributed by atoms with Gasteiger partial charge in [-0.25, -0.2) is 9.97 Å². The maximum atomic E-state index is 12.6. The van der Waals surface area contributed by atoms with Gasteiger partial charge in [-0.15, -0.1) is 0 Å². The number of hydrogen-bond donors (Lipinski definition) is 0. The topological polar surface area (TPSA) is 62.2 Å². The number of rotatable bonds is 4. The lowest BCUT2D eigenvalue weighted by atomic mass is 9.95. The molecule has 0 atom stereocenters. The van der Waals surface area contributed by atoms with Crippen LogP contribution >= 0.6 is 0 Å². The molecule has 2 fully saturated rings. The van der Waals surface area contributed by atoms with E-state index in [0.29, 0.717) is 11.5 Å². The van der Waals surface area contributed by atoms with E-state index < -0.39 is 0 Å². The number of carbonyl (C=O) groups excluding carboxylic acids is 1. The molecule has 6 heteroatoms. The van der Waals surface area contributed by atoms with Crippen LogP contribution in [0.15, 0.2) is 30.7 Å². The fraction of sp³-hybridized carbons (Fsp3) is 0.524. The van der Waals surface area contributed by atoms with Crippen LogP contribution in [0.25, 0.3) is 0 Å². The van der Waals surface area contributed by atoms with Crippen LogP contribution in [0.2, 0.25) is 0 Å². The lowest BCUT2D eigenvalue weighted by Crippen LogP contribution is -2.33. The Bertz CT molecular complexity index is 780. The number of hydrogen-bond acceptors (Lipinski definition) is 5. The summed E-state index contributed by atoms with van der Waals surface area (Å²) in [6.07, 6.45) is 9.81. The number of amides is 1. The molecule has 4 heterocycles. The Hall–Kier alpha value is -2.34. The molecule has 0 saturated carbocycles. The number of aryl methyl sites for hydroxylation is 1. The summed E-state index contributed by atoms with van der Waals surface area (Å²) in [4.78, 5) is 30.5. The van der Waals surface area contributed by atoms with Crippen molar-refractivity contribution in [2.24, 2.45) is 0 Å². The lowest BCUT2D eigenvalue weighted by Gasteiger charge is -2.31. The summed E-state index contributed by atoms with van der Waals surface area (Å²) in [5.41, 5.74) is 2.73. The Kier molecular flexibility index (Phi) is 5.43. The maximum absolute atomic E-state index is 12.6. The molecule has 0 N–H and O–H groups in total. The molecule has 2 aromatic rings. The van der Waals surface area contributed by atoms with E-state index in [2.05, 4.69) is 20.9 Å². The molecule has 6 nitrogen and oxygen atoms in total. The molecule has 0 bridgehead atoms. The van der Waals surface area contributed by atoms with E-state index in [1.165, 1.54) is 5.56 Å². The fourth-order valence-corrected chi connectivity index (χ4v) is 4.08. The molecule has 0 aliphatic carbocycles. The molecule has 1 amide bonds. The Balaban J connectivity index is 1.37. The number of pyridine rings is 1. The van der Waals surface area contributed by atoms with Crippen LogP contribution in [-0.4, -0.2) is 56.8 Å². The van der Waals surface area contributed by atoms with Gasteiger partial charge in [0.05, 0.1) is 11.3 Å². The monoisotopic (exact) mass is 365 g/mol. The van der Waals surface area contributed by atoms with Gasteiger partial charge >= 0.3 is 0 Å². The van der Waals surface area contributed by atoms with Gasteiger partial charge in [0, 0.05) is 44.1 Å². The van der Waals surface area contributed by atoms with Crippen LogP contribution in [-0.2, 0) is 6.54 Å². The molecule has 2 aliphatic rings. The minimum absolute atomic E-state index is 0.0860. The molecule has 2 aliphatic heterocycles. The second-order valence-electron chi connectivity index (χ2n) is 7.64. The third-order valence-corrected chi connectivity index (χ3v) is 5.70. The van der Waals surface area contributed by atoms with Crippen LogP contribution in [0.4, 0.5) is 0 Å². The summed E-state index contributed by atoms with van der Waals surface area (Å²) < 4.78 is 0. The van der Waals surface area contributed by atoms with Gasteiger partial charge in [0.25, 0.3) is 5.91 Å². The number of piperidine rings is 1. The van der Waals surface area contributed by atoms with Crippen LogP contribution in [0.3, 0.4) is 0 Å². The van der Waals surface area contributed by atoms with Crippen LogP contribution in [0, 0.1) is 6.92 Å². The first kappa shape index (κ1) is 18.0. The van der Waals surface area contributed by atoms with Crippen molar-refractivity contribution in [1.82, 2.24) is 24.8 Å². The largest absolute Gasteiger partial charge is 0.339 e. The van der Waals surface area contributed by atoms with Gasteiger partial charge in [-0.2, -0.15) is 0 Å². The predicted molar refractivity (Wildman–Crippen MR) is 103 cm³/mol. The summed E-state index contributed by atoms with van der Waals surface area (Å²) in [5.74, 6) is 1.36. The minimum Gasteiger partial charge on any atom is -0.339 e. The average molecular weight is 365 g/mol. The second-order valence-corrected chi connectivity index (χ2v) is 7.64. The molecule has 27 heavy (non-hydrogen) atoms. The summed E-state index contributed by atoms with van der Waals surface area (Å²) in [5, 5.41) is 0. The van der Waals surface area contributed by atoms with Crippen molar-refractivity contribution in [2.45, 2.75) is 45.1 Å². The quantitative estimate of drug-likeness (QED) is 0.834. The van der Waals surface area contributed by atoms with Crippen molar-refractivity contribution >= 4 is 5.91 Å². The lowest BCUT2D eigenvalue weighted by molar-refractivity contribution is 0.0791. The Morgan fingerprint density at radius 2 is 1.93 bits per heavy atom. The normalized spacial score (nSPS) is 18.8. The minimum atomic E-state index is 0.0860. The number of carbonyl (C=O) groups is 1. The molecular weight excluding hydrogens is 338 g/mol. The first-order valence-electron chi connectivity index (χ1n) is 9.95. The Morgan fingerprint density at radius 3 is 2.59 bits per heavy atom. The van der Waals surface area contributed by atoms with Gasteiger partial charge in [-0.05, 0) is 57.3 Å². The van der Waals surface area contributed by atoms with Crippen molar-refractivity contribution in [3.63, 3.8) is 0 Å². The van der Waals surface area contributed by atoms with E-state index in [1.54, 1.807) is 6.20 Å². The third-order valence-electron chi connectivity index (χ3n) is 5.70. The fourth-order valence-electron chi connectivity index (χ4n) is 4.08. The Morgan fingerprint density at radius 1 is 1.15 bits per heavy atom. The van der Waals surface area contributed by atoms with Gasteiger partial charge in [0.2, 0.25) is 0 Å². The second kappa shape index (κ2) is 8.13. The molecule has 0 unspecified atom stereocenters. The van der Waals surface area contributed by atoms with E-state index in [-0.39, 0.29) is 5.91 Å². The first-order valence-corrected chi connectivity index (χ1v) is 9.95. The zero-order chi connectivity index (χ0) is 18.6. The highest BCUT2D eigenvalue weighted by molar-refractivity contribution is 5.95. The van der Waals surface area contributed by atoms with Crippen molar-refractivity contribution in [2.75, 3.05) is 26.2 Å². The standard InChI is InChI=1S/C21H27N5O/c1-16-19(21(27)26-9-2-3-10-26)14-23-20(24-16)18-6-11-25(12-7-18)15-17-5-4-8-22-13-17/h4-5,8,13-14,18H,2-3,6-7,9-12,15H2,1H3. The van der Waals surface area contributed by atoms with E-state index >= 15 is 0 Å². The summed E-state index contributed by atoms with van der Waals surface area (Å²) in [6, 6.07) is 4.12. The van der Waals surface area contributed by atoms with Crippen molar-refractivity contribution < 1.29 is 4.79 Å². The molecule has 2 aromatic heterocycles. The van der Waals surface area contributed by atoms with Crippen LogP contribution in [0.1, 0.15) is 59.0 Å². The number of aromatic nitrogens is 3. The molecule has 0 aromatic carbocycles.